The lowest BCUT2D eigenvalue weighted by atomic mass is 9.85. The lowest BCUT2D eigenvalue weighted by Gasteiger charge is -2.39. The minimum Gasteiger partial charge on any atom is -0.323 e. The van der Waals surface area contributed by atoms with E-state index in [9.17, 15) is 4.79 Å². The van der Waals surface area contributed by atoms with Gasteiger partial charge in [0.25, 0.3) is 0 Å². The molecule has 0 bridgehead atoms. The fourth-order valence-corrected chi connectivity index (χ4v) is 4.29. The molecule has 18 heavy (non-hydrogen) atoms. The Balaban J connectivity index is 1.72. The van der Waals surface area contributed by atoms with Gasteiger partial charge in [0.05, 0.1) is 12.7 Å². The number of nitrogens with one attached hydrogen (secondary N) is 1. The quantitative estimate of drug-likeness (QED) is 0.816. The van der Waals surface area contributed by atoms with Gasteiger partial charge >= 0.3 is 0 Å². The molecule has 0 radical (unpaired) electrons. The summed E-state index contributed by atoms with van der Waals surface area (Å²) in [6.07, 6.45) is 10.8. The molecular weight excluding hydrogens is 224 g/mol. The average molecular weight is 250 g/mol. The van der Waals surface area contributed by atoms with Crippen LogP contribution in [0.25, 0.3) is 0 Å². The van der Waals surface area contributed by atoms with E-state index in [1.807, 2.05) is 0 Å². The van der Waals surface area contributed by atoms with E-state index in [4.69, 9.17) is 0 Å². The van der Waals surface area contributed by atoms with Gasteiger partial charge in [0.2, 0.25) is 5.91 Å². The Kier molecular flexibility index (Phi) is 3.60. The molecule has 102 valence electrons. The summed E-state index contributed by atoms with van der Waals surface area (Å²) < 4.78 is 0. The predicted octanol–water partition coefficient (Wildman–Crippen LogP) is 2.51. The molecule has 1 heterocycles. The van der Waals surface area contributed by atoms with Crippen molar-refractivity contribution in [3.8, 4) is 0 Å². The fourth-order valence-electron chi connectivity index (χ4n) is 4.29. The van der Waals surface area contributed by atoms with Crippen LogP contribution in [0, 0.1) is 11.8 Å². The highest BCUT2D eigenvalue weighted by molar-refractivity contribution is 5.81. The van der Waals surface area contributed by atoms with Crippen molar-refractivity contribution < 1.29 is 4.79 Å². The van der Waals surface area contributed by atoms with Crippen LogP contribution in [0.4, 0.5) is 0 Å². The SMILES string of the molecule is CC1CCCC(N2C(=O)CNC2C2CCCC2)C1. The first-order chi connectivity index (χ1) is 8.75. The van der Waals surface area contributed by atoms with E-state index in [0.29, 0.717) is 30.6 Å². The monoisotopic (exact) mass is 250 g/mol. The van der Waals surface area contributed by atoms with Crippen molar-refractivity contribution in [2.45, 2.75) is 70.5 Å². The van der Waals surface area contributed by atoms with Crippen molar-refractivity contribution in [2.75, 3.05) is 6.54 Å². The Hall–Kier alpha value is -0.570. The molecule has 0 aromatic rings. The average Bonchev–Trinajstić information content (AvgIpc) is 2.97. The molecule has 0 aromatic heterocycles. The molecule has 3 aliphatic rings. The molecule has 3 fully saturated rings. The largest absolute Gasteiger partial charge is 0.323 e. The minimum atomic E-state index is 0.353. The molecule has 3 unspecified atom stereocenters. The second-order valence-electron chi connectivity index (χ2n) is 6.60. The van der Waals surface area contributed by atoms with Crippen LogP contribution in [0.15, 0.2) is 0 Å². The number of amides is 1. The molecule has 3 rings (SSSR count). The van der Waals surface area contributed by atoms with Crippen LogP contribution in [0.1, 0.15) is 58.3 Å². The standard InChI is InChI=1S/C15H26N2O/c1-11-5-4-8-13(9-11)17-14(18)10-16-15(17)12-6-2-3-7-12/h11-13,15-16H,2-10H2,1H3. The predicted molar refractivity (Wildman–Crippen MR) is 72.0 cm³/mol. The Morgan fingerprint density at radius 1 is 1.11 bits per heavy atom. The Morgan fingerprint density at radius 2 is 1.89 bits per heavy atom. The van der Waals surface area contributed by atoms with Crippen molar-refractivity contribution in [1.82, 2.24) is 10.2 Å². The number of rotatable bonds is 2. The maximum atomic E-state index is 12.2. The molecule has 3 nitrogen and oxygen atoms in total. The van der Waals surface area contributed by atoms with E-state index >= 15 is 0 Å². The first-order valence-corrected chi connectivity index (χ1v) is 7.80. The molecule has 0 aromatic carbocycles. The second kappa shape index (κ2) is 5.20. The smallest absolute Gasteiger partial charge is 0.238 e. The lowest BCUT2D eigenvalue weighted by molar-refractivity contribution is -0.132. The Morgan fingerprint density at radius 3 is 2.61 bits per heavy atom. The van der Waals surface area contributed by atoms with Crippen LogP contribution in [-0.4, -0.2) is 29.6 Å². The van der Waals surface area contributed by atoms with E-state index in [-0.39, 0.29) is 0 Å². The minimum absolute atomic E-state index is 0.353. The molecule has 1 N–H and O–H groups in total. The van der Waals surface area contributed by atoms with Crippen LogP contribution in [-0.2, 0) is 4.79 Å². The summed E-state index contributed by atoms with van der Waals surface area (Å²) in [6.45, 7) is 2.91. The van der Waals surface area contributed by atoms with Crippen molar-refractivity contribution >= 4 is 5.91 Å². The zero-order chi connectivity index (χ0) is 12.5. The number of nitrogens with zero attached hydrogens (tertiary/aromatic N) is 1. The van der Waals surface area contributed by atoms with Gasteiger partial charge in [0.15, 0.2) is 0 Å². The van der Waals surface area contributed by atoms with E-state index in [1.165, 1.54) is 51.4 Å². The molecule has 1 amide bonds. The maximum Gasteiger partial charge on any atom is 0.238 e. The molecule has 2 saturated carbocycles. The highest BCUT2D eigenvalue weighted by atomic mass is 16.2. The molecule has 3 heteroatoms. The van der Waals surface area contributed by atoms with Gasteiger partial charge in [-0.25, -0.2) is 0 Å². The summed E-state index contributed by atoms with van der Waals surface area (Å²) in [7, 11) is 0. The summed E-state index contributed by atoms with van der Waals surface area (Å²) in [5, 5.41) is 3.49. The van der Waals surface area contributed by atoms with Gasteiger partial charge < -0.3 is 4.90 Å². The van der Waals surface area contributed by atoms with Crippen LogP contribution in [0.5, 0.6) is 0 Å². The molecule has 2 aliphatic carbocycles. The maximum absolute atomic E-state index is 12.2. The number of hydrogen-bond donors (Lipinski definition) is 1. The summed E-state index contributed by atoms with van der Waals surface area (Å²) in [5.74, 6) is 1.86. The van der Waals surface area contributed by atoms with E-state index in [1.54, 1.807) is 0 Å². The van der Waals surface area contributed by atoms with E-state index in [0.717, 1.165) is 5.92 Å². The van der Waals surface area contributed by atoms with Crippen LogP contribution in [0.2, 0.25) is 0 Å². The Labute approximate surface area is 110 Å². The normalized spacial score (nSPS) is 38.6. The van der Waals surface area contributed by atoms with Gasteiger partial charge in [-0.1, -0.05) is 32.6 Å². The van der Waals surface area contributed by atoms with Gasteiger partial charge in [0, 0.05) is 6.04 Å². The van der Waals surface area contributed by atoms with Gasteiger partial charge in [0.1, 0.15) is 0 Å². The second-order valence-corrected chi connectivity index (χ2v) is 6.60. The summed E-state index contributed by atoms with van der Waals surface area (Å²) >= 11 is 0. The third kappa shape index (κ3) is 2.29. The van der Waals surface area contributed by atoms with E-state index < -0.39 is 0 Å². The molecule has 0 spiro atoms. The van der Waals surface area contributed by atoms with Gasteiger partial charge in [-0.2, -0.15) is 0 Å². The molecule has 1 saturated heterocycles. The number of carbonyl (C=O) groups is 1. The molecular formula is C15H26N2O. The summed E-state index contributed by atoms with van der Waals surface area (Å²) in [4.78, 5) is 14.5. The highest BCUT2D eigenvalue weighted by Crippen LogP contribution is 2.35. The number of carbonyl (C=O) groups excluding carboxylic acids is 1. The molecule has 3 atom stereocenters. The van der Waals surface area contributed by atoms with Crippen LogP contribution in [0.3, 0.4) is 0 Å². The number of hydrogen-bond acceptors (Lipinski definition) is 2. The first-order valence-electron chi connectivity index (χ1n) is 7.80. The van der Waals surface area contributed by atoms with E-state index in [2.05, 4.69) is 17.1 Å². The first kappa shape index (κ1) is 12.5. The third-order valence-corrected chi connectivity index (χ3v) is 5.20. The van der Waals surface area contributed by atoms with Crippen molar-refractivity contribution in [3.63, 3.8) is 0 Å². The lowest BCUT2D eigenvalue weighted by Crippen LogP contribution is -2.49. The van der Waals surface area contributed by atoms with Gasteiger partial charge in [-0.15, -0.1) is 0 Å². The molecule has 1 aliphatic heterocycles. The fraction of sp³-hybridized carbons (Fsp3) is 0.933. The third-order valence-electron chi connectivity index (χ3n) is 5.20. The zero-order valence-corrected chi connectivity index (χ0v) is 11.5. The van der Waals surface area contributed by atoms with Crippen molar-refractivity contribution in [3.05, 3.63) is 0 Å². The van der Waals surface area contributed by atoms with Gasteiger partial charge in [-0.05, 0) is 37.5 Å². The summed E-state index contributed by atoms with van der Waals surface area (Å²) in [6, 6.07) is 0.516. The summed E-state index contributed by atoms with van der Waals surface area (Å²) in [5.41, 5.74) is 0. The topological polar surface area (TPSA) is 32.3 Å². The Bertz CT molecular complexity index is 312. The van der Waals surface area contributed by atoms with Gasteiger partial charge in [-0.3, -0.25) is 10.1 Å². The van der Waals surface area contributed by atoms with Crippen molar-refractivity contribution in [2.24, 2.45) is 11.8 Å². The van der Waals surface area contributed by atoms with Crippen molar-refractivity contribution in [1.29, 1.82) is 0 Å². The van der Waals surface area contributed by atoms with Crippen LogP contribution < -0.4 is 5.32 Å². The highest BCUT2D eigenvalue weighted by Gasteiger charge is 2.41. The zero-order valence-electron chi connectivity index (χ0n) is 11.5. The van der Waals surface area contributed by atoms with Crippen LogP contribution >= 0.6 is 0 Å².